The van der Waals surface area contributed by atoms with Crippen molar-refractivity contribution in [2.24, 2.45) is 5.92 Å². The number of aliphatic hydroxyl groups is 1. The predicted octanol–water partition coefficient (Wildman–Crippen LogP) is 8.92. The molecule has 1 aliphatic heterocycles. The van der Waals surface area contributed by atoms with Crippen LogP contribution in [0, 0.1) is 18.7 Å². The first-order chi connectivity index (χ1) is 25.1. The van der Waals surface area contributed by atoms with Gasteiger partial charge in [0, 0.05) is 11.3 Å². The number of ether oxygens (including phenoxy) is 3. The number of carbonyl (C=O) groups excluding carboxylic acids is 2. The molecular formula is C40H38FN3O6S2. The van der Waals surface area contributed by atoms with E-state index in [1.165, 1.54) is 35.9 Å². The van der Waals surface area contributed by atoms with Crippen LogP contribution < -0.4 is 19.1 Å². The normalized spacial score (nSPS) is 15.3. The summed E-state index contributed by atoms with van der Waals surface area (Å²) in [5.74, 6) is 0.0600. The highest BCUT2D eigenvalue weighted by Crippen LogP contribution is 2.46. The smallest absolute Gasteiger partial charge is 0.301 e. The van der Waals surface area contributed by atoms with Gasteiger partial charge in [0.1, 0.15) is 23.9 Å². The highest BCUT2D eigenvalue weighted by atomic mass is 32.2. The fourth-order valence-corrected chi connectivity index (χ4v) is 7.46. The minimum Gasteiger partial charge on any atom is -0.507 e. The Kier molecular flexibility index (Phi) is 11.6. The van der Waals surface area contributed by atoms with Crippen LogP contribution in [0.4, 0.5) is 9.52 Å². The van der Waals surface area contributed by atoms with E-state index in [9.17, 15) is 19.1 Å². The van der Waals surface area contributed by atoms with Crippen LogP contribution >= 0.6 is 23.1 Å². The molecule has 1 fully saturated rings. The number of aliphatic hydroxyl groups excluding tert-OH is 1. The van der Waals surface area contributed by atoms with Crippen LogP contribution in [0.3, 0.4) is 0 Å². The second-order valence-electron chi connectivity index (χ2n) is 12.7. The van der Waals surface area contributed by atoms with Gasteiger partial charge in [0.05, 0.1) is 25.3 Å². The number of Topliss-reactive ketones (excluding diaryl/α,β-unsaturated/α-hetero) is 1. The molecule has 1 N–H and O–H groups in total. The summed E-state index contributed by atoms with van der Waals surface area (Å²) in [7, 11) is 1.52. The molecule has 12 heteroatoms. The topological polar surface area (TPSA) is 111 Å². The zero-order chi connectivity index (χ0) is 36.8. The number of rotatable bonds is 14. The summed E-state index contributed by atoms with van der Waals surface area (Å²) in [6.07, 6.45) is 0.847. The van der Waals surface area contributed by atoms with E-state index in [0.29, 0.717) is 57.6 Å². The number of carbonyl (C=O) groups is 2. The second-order valence-corrected chi connectivity index (χ2v) is 14.9. The lowest BCUT2D eigenvalue weighted by atomic mass is 9.95. The minimum atomic E-state index is -1.06. The average Bonchev–Trinajstić information content (AvgIpc) is 3.71. The largest absolute Gasteiger partial charge is 0.507 e. The Balaban J connectivity index is 1.33. The molecule has 0 saturated carbocycles. The van der Waals surface area contributed by atoms with Crippen LogP contribution in [-0.4, -0.2) is 40.7 Å². The van der Waals surface area contributed by atoms with Gasteiger partial charge in [0.2, 0.25) is 5.13 Å². The lowest BCUT2D eigenvalue weighted by Gasteiger charge is -2.23. The van der Waals surface area contributed by atoms with Crippen LogP contribution in [0.15, 0.2) is 101 Å². The molecule has 5 aromatic rings. The van der Waals surface area contributed by atoms with Crippen molar-refractivity contribution in [2.75, 3.05) is 18.6 Å². The van der Waals surface area contributed by atoms with Crippen molar-refractivity contribution in [1.82, 2.24) is 10.2 Å². The van der Waals surface area contributed by atoms with Crippen LogP contribution in [-0.2, 0) is 21.9 Å². The standard InChI is InChI=1S/C40H38FN3O6S2/c1-24(2)18-19-49-32-17-12-29(21-33(32)48-4)35-34(36(45)28-10-15-31(16-11-28)50-22-27-7-5-6-25(3)20-27)37(46)38(47)44(35)39-42-43-40(52-39)51-23-26-8-13-30(41)14-9-26/h5-17,20-21,24,35,45H,18-19,22-23H2,1-4H3. The van der Waals surface area contributed by atoms with E-state index in [1.807, 2.05) is 31.2 Å². The van der Waals surface area contributed by atoms with Crippen molar-refractivity contribution < 1.29 is 33.3 Å². The van der Waals surface area contributed by atoms with Gasteiger partial charge in [-0.2, -0.15) is 0 Å². The molecule has 1 saturated heterocycles. The van der Waals surface area contributed by atoms with Crippen LogP contribution in [0.1, 0.15) is 54.1 Å². The van der Waals surface area contributed by atoms with Gasteiger partial charge in [0.15, 0.2) is 15.8 Å². The lowest BCUT2D eigenvalue weighted by molar-refractivity contribution is -0.132. The molecule has 1 atom stereocenters. The first-order valence-electron chi connectivity index (χ1n) is 16.7. The number of methoxy groups -OCH3 is 1. The highest BCUT2D eigenvalue weighted by molar-refractivity contribution is 8.00. The molecular weight excluding hydrogens is 702 g/mol. The van der Waals surface area contributed by atoms with Crippen molar-refractivity contribution in [1.29, 1.82) is 0 Å². The summed E-state index contributed by atoms with van der Waals surface area (Å²) >= 11 is 2.52. The third-order valence-corrected chi connectivity index (χ3v) is 10.5. The van der Waals surface area contributed by atoms with E-state index < -0.39 is 17.7 Å². The van der Waals surface area contributed by atoms with E-state index in [2.05, 4.69) is 24.0 Å². The molecule has 2 heterocycles. The van der Waals surface area contributed by atoms with Crippen LogP contribution in [0.25, 0.3) is 5.76 Å². The Morgan fingerprint density at radius 1 is 0.942 bits per heavy atom. The molecule has 268 valence electrons. The SMILES string of the molecule is COc1cc(C2C(=C(O)c3ccc(OCc4cccc(C)c4)cc3)C(=O)C(=O)N2c2nnc(SCc3ccc(F)cc3)s2)ccc1OCCC(C)C. The maximum Gasteiger partial charge on any atom is 0.301 e. The number of benzene rings is 4. The van der Waals surface area contributed by atoms with Crippen molar-refractivity contribution in [3.8, 4) is 17.2 Å². The summed E-state index contributed by atoms with van der Waals surface area (Å²) in [5.41, 5.74) is 3.77. The molecule has 0 bridgehead atoms. The summed E-state index contributed by atoms with van der Waals surface area (Å²) < 4.78 is 31.6. The van der Waals surface area contributed by atoms with Gasteiger partial charge in [-0.05, 0) is 84.5 Å². The van der Waals surface area contributed by atoms with Gasteiger partial charge < -0.3 is 19.3 Å². The van der Waals surface area contributed by atoms with Crippen molar-refractivity contribution in [3.63, 3.8) is 0 Å². The number of hydrogen-bond donors (Lipinski definition) is 1. The summed E-state index contributed by atoms with van der Waals surface area (Å²) in [6, 6.07) is 25.0. The van der Waals surface area contributed by atoms with Gasteiger partial charge >= 0.3 is 5.91 Å². The highest BCUT2D eigenvalue weighted by Gasteiger charge is 2.48. The number of halogens is 1. The number of anilines is 1. The van der Waals surface area contributed by atoms with Crippen LogP contribution in [0.2, 0.25) is 0 Å². The zero-order valence-electron chi connectivity index (χ0n) is 29.2. The quantitative estimate of drug-likeness (QED) is 0.0393. The predicted molar refractivity (Wildman–Crippen MR) is 201 cm³/mol. The van der Waals surface area contributed by atoms with Crippen molar-refractivity contribution in [2.45, 2.75) is 49.9 Å². The lowest BCUT2D eigenvalue weighted by Crippen LogP contribution is -2.29. The molecule has 6 rings (SSSR count). The number of nitrogens with zero attached hydrogens (tertiary/aromatic N) is 3. The average molecular weight is 740 g/mol. The Morgan fingerprint density at radius 3 is 2.42 bits per heavy atom. The minimum absolute atomic E-state index is 0.107. The monoisotopic (exact) mass is 739 g/mol. The molecule has 4 aromatic carbocycles. The van der Waals surface area contributed by atoms with Gasteiger partial charge in [0.25, 0.3) is 5.78 Å². The number of ketones is 1. The first kappa shape index (κ1) is 36.6. The molecule has 0 radical (unpaired) electrons. The maximum absolute atomic E-state index is 13.8. The molecule has 9 nitrogen and oxygen atoms in total. The van der Waals surface area contributed by atoms with Gasteiger partial charge in [-0.15, -0.1) is 10.2 Å². The van der Waals surface area contributed by atoms with Gasteiger partial charge in [-0.1, -0.05) is 85.0 Å². The third-order valence-electron chi connectivity index (χ3n) is 8.39. The fraction of sp³-hybridized carbons (Fsp3) is 0.250. The number of aryl methyl sites for hydroxylation is 1. The maximum atomic E-state index is 13.8. The zero-order valence-corrected chi connectivity index (χ0v) is 30.8. The second kappa shape index (κ2) is 16.4. The Hall–Kier alpha value is -5.20. The molecule has 0 aliphatic carbocycles. The van der Waals surface area contributed by atoms with E-state index >= 15 is 0 Å². The molecule has 1 amide bonds. The Labute approximate surface area is 310 Å². The van der Waals surface area contributed by atoms with Crippen molar-refractivity contribution in [3.05, 3.63) is 130 Å². The van der Waals surface area contributed by atoms with E-state index in [1.54, 1.807) is 54.6 Å². The molecule has 1 aliphatic rings. The van der Waals surface area contributed by atoms with E-state index in [-0.39, 0.29) is 22.3 Å². The summed E-state index contributed by atoms with van der Waals surface area (Å²) in [6.45, 7) is 7.09. The van der Waals surface area contributed by atoms with E-state index in [4.69, 9.17) is 14.2 Å². The number of thioether (sulfide) groups is 1. The third kappa shape index (κ3) is 8.46. The van der Waals surface area contributed by atoms with E-state index in [0.717, 1.165) is 34.4 Å². The molecule has 52 heavy (non-hydrogen) atoms. The molecule has 1 aromatic heterocycles. The number of aromatic nitrogens is 2. The van der Waals surface area contributed by atoms with Crippen molar-refractivity contribution >= 4 is 45.7 Å². The number of hydrogen-bond acceptors (Lipinski definition) is 10. The van der Waals surface area contributed by atoms with Gasteiger partial charge in [-0.25, -0.2) is 4.39 Å². The molecule has 0 spiro atoms. The molecule has 1 unspecified atom stereocenters. The van der Waals surface area contributed by atoms with Crippen LogP contribution in [0.5, 0.6) is 17.2 Å². The summed E-state index contributed by atoms with van der Waals surface area (Å²) in [4.78, 5) is 28.9. The Morgan fingerprint density at radius 2 is 1.71 bits per heavy atom. The Bertz CT molecular complexity index is 2080. The fourth-order valence-electron chi connectivity index (χ4n) is 5.64. The van der Waals surface area contributed by atoms with Gasteiger partial charge in [-0.3, -0.25) is 14.5 Å². The number of amides is 1. The summed E-state index contributed by atoms with van der Waals surface area (Å²) in [5, 5.41) is 20.5. The first-order valence-corrected chi connectivity index (χ1v) is 18.5.